The van der Waals surface area contributed by atoms with Crippen LogP contribution in [0, 0.1) is 28.6 Å². The first-order valence-electron chi connectivity index (χ1n) is 8.60. The zero-order chi connectivity index (χ0) is 17.4. The summed E-state index contributed by atoms with van der Waals surface area (Å²) < 4.78 is 0. The average molecular weight is 326 g/mol. The van der Waals surface area contributed by atoms with Gasteiger partial charge in [0.1, 0.15) is 0 Å². The second kappa shape index (κ2) is 9.39. The molecule has 0 amide bonds. The van der Waals surface area contributed by atoms with Gasteiger partial charge in [-0.1, -0.05) is 30.3 Å². The molecule has 1 N–H and O–H groups in total. The third kappa shape index (κ3) is 5.32. The molecule has 1 saturated heterocycles. The van der Waals surface area contributed by atoms with Gasteiger partial charge in [-0.05, 0) is 18.9 Å². The summed E-state index contributed by atoms with van der Waals surface area (Å²) in [5.41, 5.74) is 0.952. The molecule has 1 aliphatic heterocycles. The lowest BCUT2D eigenvalue weighted by atomic mass is 10.0. The standard InChI is InChI=1S/C19H26N4O/c1-16-13-22(14-17(12-21)6-5-9-20)10-11-23(16)15-19(24)18-7-3-2-4-8-18/h2-4,7-8,16-17,19,24H,5-6,10-11,13-15H2,1H3/t16-,17-,19-/m1/s1. The Morgan fingerprint density at radius 2 is 1.96 bits per heavy atom. The Morgan fingerprint density at radius 3 is 2.58 bits per heavy atom. The van der Waals surface area contributed by atoms with Crippen LogP contribution in [-0.4, -0.2) is 53.7 Å². The number of aliphatic hydroxyl groups is 1. The van der Waals surface area contributed by atoms with Gasteiger partial charge in [-0.25, -0.2) is 0 Å². The topological polar surface area (TPSA) is 74.3 Å². The Balaban J connectivity index is 1.82. The zero-order valence-corrected chi connectivity index (χ0v) is 14.3. The fourth-order valence-corrected chi connectivity index (χ4v) is 3.26. The second-order valence-electron chi connectivity index (χ2n) is 6.55. The molecule has 0 aromatic heterocycles. The molecule has 0 radical (unpaired) electrons. The first kappa shape index (κ1) is 18.4. The molecule has 0 bridgehead atoms. The molecule has 0 spiro atoms. The lowest BCUT2D eigenvalue weighted by Gasteiger charge is -2.41. The van der Waals surface area contributed by atoms with Crippen LogP contribution in [0.4, 0.5) is 0 Å². The van der Waals surface area contributed by atoms with E-state index in [1.54, 1.807) is 0 Å². The third-order valence-electron chi connectivity index (χ3n) is 4.71. The minimum atomic E-state index is -0.470. The fraction of sp³-hybridized carbons (Fsp3) is 0.579. The number of rotatable bonds is 7. The summed E-state index contributed by atoms with van der Waals surface area (Å²) in [5, 5.41) is 28.3. The van der Waals surface area contributed by atoms with Gasteiger partial charge in [0.2, 0.25) is 0 Å². The fourth-order valence-electron chi connectivity index (χ4n) is 3.26. The van der Waals surface area contributed by atoms with E-state index in [-0.39, 0.29) is 5.92 Å². The number of β-amino-alcohol motifs (C(OH)–C–C–N with tert-alkyl or cyclic N) is 1. The SMILES string of the molecule is C[C@@H]1CN(C[C@@H](C#N)CCC#N)CCN1C[C@@H](O)c1ccccc1. The van der Waals surface area contributed by atoms with Crippen LogP contribution >= 0.6 is 0 Å². The Bertz CT molecular complexity index is 577. The van der Waals surface area contributed by atoms with Crippen molar-refractivity contribution in [1.82, 2.24) is 9.80 Å². The van der Waals surface area contributed by atoms with Crippen molar-refractivity contribution in [2.24, 2.45) is 5.92 Å². The van der Waals surface area contributed by atoms with Gasteiger partial charge in [0.05, 0.1) is 24.2 Å². The van der Waals surface area contributed by atoms with E-state index in [9.17, 15) is 10.4 Å². The van der Waals surface area contributed by atoms with Crippen LogP contribution < -0.4 is 0 Å². The largest absolute Gasteiger partial charge is 0.387 e. The van der Waals surface area contributed by atoms with Gasteiger partial charge in [-0.2, -0.15) is 10.5 Å². The van der Waals surface area contributed by atoms with Crippen LogP contribution in [0.5, 0.6) is 0 Å². The van der Waals surface area contributed by atoms with Crippen molar-refractivity contribution in [3.63, 3.8) is 0 Å². The van der Waals surface area contributed by atoms with Crippen molar-refractivity contribution in [1.29, 1.82) is 10.5 Å². The normalized spacial score (nSPS) is 21.6. The second-order valence-corrected chi connectivity index (χ2v) is 6.55. The highest BCUT2D eigenvalue weighted by Gasteiger charge is 2.26. The molecule has 0 aliphatic carbocycles. The van der Waals surface area contributed by atoms with Gasteiger partial charge in [0.25, 0.3) is 0 Å². The summed E-state index contributed by atoms with van der Waals surface area (Å²) in [6.45, 7) is 6.22. The summed E-state index contributed by atoms with van der Waals surface area (Å²) in [4.78, 5) is 4.62. The molecule has 1 fully saturated rings. The molecule has 1 aliphatic rings. The van der Waals surface area contributed by atoms with E-state index in [1.165, 1.54) is 0 Å². The summed E-state index contributed by atoms with van der Waals surface area (Å²) in [6, 6.07) is 14.5. The van der Waals surface area contributed by atoms with Crippen molar-refractivity contribution in [2.45, 2.75) is 31.9 Å². The van der Waals surface area contributed by atoms with Crippen LogP contribution in [0.2, 0.25) is 0 Å². The molecule has 5 heteroatoms. The highest BCUT2D eigenvalue weighted by molar-refractivity contribution is 5.17. The van der Waals surface area contributed by atoms with Crippen molar-refractivity contribution >= 4 is 0 Å². The van der Waals surface area contributed by atoms with E-state index in [4.69, 9.17) is 5.26 Å². The molecular weight excluding hydrogens is 300 g/mol. The summed E-state index contributed by atoms with van der Waals surface area (Å²) >= 11 is 0. The lowest BCUT2D eigenvalue weighted by molar-refractivity contribution is 0.0356. The molecule has 24 heavy (non-hydrogen) atoms. The summed E-state index contributed by atoms with van der Waals surface area (Å²) in [6.07, 6.45) is 0.619. The lowest BCUT2D eigenvalue weighted by Crippen LogP contribution is -2.53. The monoisotopic (exact) mass is 326 g/mol. The minimum Gasteiger partial charge on any atom is -0.387 e. The van der Waals surface area contributed by atoms with E-state index >= 15 is 0 Å². The molecule has 5 nitrogen and oxygen atoms in total. The number of hydrogen-bond donors (Lipinski definition) is 1. The summed E-state index contributed by atoms with van der Waals surface area (Å²) in [5.74, 6) is -0.0710. The smallest absolute Gasteiger partial charge is 0.0917 e. The number of piperazine rings is 1. The number of benzene rings is 1. The molecule has 2 rings (SSSR count). The van der Waals surface area contributed by atoms with Gasteiger partial charge >= 0.3 is 0 Å². The number of nitriles is 2. The third-order valence-corrected chi connectivity index (χ3v) is 4.71. The molecule has 3 atom stereocenters. The highest BCUT2D eigenvalue weighted by atomic mass is 16.3. The van der Waals surface area contributed by atoms with Gasteiger partial charge in [-0.15, -0.1) is 0 Å². The molecule has 1 aromatic rings. The number of hydrogen-bond acceptors (Lipinski definition) is 5. The maximum absolute atomic E-state index is 10.4. The van der Waals surface area contributed by atoms with E-state index in [2.05, 4.69) is 28.9 Å². The quantitative estimate of drug-likeness (QED) is 0.831. The predicted octanol–water partition coefficient (Wildman–Crippen LogP) is 2.17. The Kier molecular flexibility index (Phi) is 7.21. The van der Waals surface area contributed by atoms with Gasteiger partial charge in [0, 0.05) is 45.2 Å². The molecule has 1 aromatic carbocycles. The number of aliphatic hydroxyl groups excluding tert-OH is 1. The maximum atomic E-state index is 10.4. The molecule has 0 saturated carbocycles. The summed E-state index contributed by atoms with van der Waals surface area (Å²) in [7, 11) is 0. The van der Waals surface area contributed by atoms with Gasteiger partial charge < -0.3 is 5.11 Å². The average Bonchev–Trinajstić information content (AvgIpc) is 2.61. The number of nitrogens with zero attached hydrogens (tertiary/aromatic N) is 4. The zero-order valence-electron chi connectivity index (χ0n) is 14.3. The molecular formula is C19H26N4O. The van der Waals surface area contributed by atoms with Crippen LogP contribution in [0.15, 0.2) is 30.3 Å². The molecule has 128 valence electrons. The van der Waals surface area contributed by atoms with E-state index in [0.717, 1.165) is 31.7 Å². The Labute approximate surface area is 144 Å². The van der Waals surface area contributed by atoms with Crippen molar-refractivity contribution in [3.05, 3.63) is 35.9 Å². The van der Waals surface area contributed by atoms with Crippen LogP contribution in [0.3, 0.4) is 0 Å². The van der Waals surface area contributed by atoms with Crippen molar-refractivity contribution in [2.75, 3.05) is 32.7 Å². The van der Waals surface area contributed by atoms with E-state index in [1.807, 2.05) is 30.3 Å². The van der Waals surface area contributed by atoms with Crippen LogP contribution in [0.1, 0.15) is 31.4 Å². The van der Waals surface area contributed by atoms with Crippen molar-refractivity contribution in [3.8, 4) is 12.1 Å². The van der Waals surface area contributed by atoms with Gasteiger partial charge in [0.15, 0.2) is 0 Å². The van der Waals surface area contributed by atoms with E-state index in [0.29, 0.717) is 25.4 Å². The van der Waals surface area contributed by atoms with Gasteiger partial charge in [-0.3, -0.25) is 9.80 Å². The maximum Gasteiger partial charge on any atom is 0.0917 e. The highest BCUT2D eigenvalue weighted by Crippen LogP contribution is 2.19. The minimum absolute atomic E-state index is 0.0710. The van der Waals surface area contributed by atoms with Crippen LogP contribution in [0.25, 0.3) is 0 Å². The molecule has 1 heterocycles. The first-order valence-corrected chi connectivity index (χ1v) is 8.60. The van der Waals surface area contributed by atoms with Crippen molar-refractivity contribution < 1.29 is 5.11 Å². The van der Waals surface area contributed by atoms with E-state index < -0.39 is 6.10 Å². The first-order chi connectivity index (χ1) is 11.6. The Morgan fingerprint density at radius 1 is 1.21 bits per heavy atom. The van der Waals surface area contributed by atoms with Crippen LogP contribution in [-0.2, 0) is 0 Å². The molecule has 0 unspecified atom stereocenters. The Hall–Kier alpha value is -1.92. The predicted molar refractivity (Wildman–Crippen MR) is 92.8 cm³/mol.